The van der Waals surface area contributed by atoms with Crippen molar-refractivity contribution < 1.29 is 24.2 Å². The first-order valence-corrected chi connectivity index (χ1v) is 9.99. The van der Waals surface area contributed by atoms with Crippen molar-refractivity contribution in [2.24, 2.45) is 0 Å². The van der Waals surface area contributed by atoms with Gasteiger partial charge in [0.1, 0.15) is 0 Å². The number of rotatable bonds is 5. The molecule has 0 radical (unpaired) electrons. The summed E-state index contributed by atoms with van der Waals surface area (Å²) in [7, 11) is 1.27. The van der Waals surface area contributed by atoms with Crippen molar-refractivity contribution in [3.8, 4) is 0 Å². The number of ether oxygens (including phenoxy) is 1. The molecule has 6 nitrogen and oxygen atoms in total. The Labute approximate surface area is 176 Å². The minimum atomic E-state index is -0.832. The second-order valence-electron chi connectivity index (χ2n) is 6.60. The third-order valence-corrected chi connectivity index (χ3v) is 5.73. The van der Waals surface area contributed by atoms with Crippen LogP contribution >= 0.6 is 11.3 Å². The van der Waals surface area contributed by atoms with E-state index in [1.807, 2.05) is 6.07 Å². The van der Waals surface area contributed by atoms with Gasteiger partial charge in [0.15, 0.2) is 5.76 Å². The molecule has 1 unspecified atom stereocenters. The zero-order valence-corrected chi connectivity index (χ0v) is 16.8. The molecule has 1 atom stereocenters. The molecule has 0 saturated carbocycles. The van der Waals surface area contributed by atoms with E-state index < -0.39 is 29.5 Å². The van der Waals surface area contributed by atoms with Crippen LogP contribution in [0.3, 0.4) is 0 Å². The van der Waals surface area contributed by atoms with Gasteiger partial charge in [0.25, 0.3) is 5.91 Å². The van der Waals surface area contributed by atoms with Crippen LogP contribution in [-0.2, 0) is 9.53 Å². The van der Waals surface area contributed by atoms with Crippen molar-refractivity contribution in [1.29, 1.82) is 0 Å². The topological polar surface area (TPSA) is 83.9 Å². The molecule has 0 spiro atoms. The molecule has 1 aromatic heterocycles. The van der Waals surface area contributed by atoms with Gasteiger partial charge in [0.05, 0.1) is 29.2 Å². The fourth-order valence-corrected chi connectivity index (χ4v) is 4.17. The number of esters is 1. The highest BCUT2D eigenvalue weighted by molar-refractivity contribution is 7.12. The zero-order valence-electron chi connectivity index (χ0n) is 15.9. The van der Waals surface area contributed by atoms with E-state index in [0.717, 1.165) is 0 Å². The van der Waals surface area contributed by atoms with Gasteiger partial charge in [-0.05, 0) is 35.2 Å². The maximum absolute atomic E-state index is 13.2. The summed E-state index contributed by atoms with van der Waals surface area (Å²) >= 11 is 1.24. The first kappa shape index (κ1) is 19.6. The van der Waals surface area contributed by atoms with Gasteiger partial charge >= 0.3 is 5.97 Å². The Hall–Kier alpha value is -3.71. The molecule has 150 valence electrons. The zero-order chi connectivity index (χ0) is 21.3. The minimum absolute atomic E-state index is 0.0112. The maximum Gasteiger partial charge on any atom is 0.337 e. The lowest BCUT2D eigenvalue weighted by atomic mass is 9.95. The number of aliphatic hydroxyl groups is 1. The van der Waals surface area contributed by atoms with Gasteiger partial charge in [-0.1, -0.05) is 42.5 Å². The molecular weight excluding hydrogens is 402 g/mol. The summed E-state index contributed by atoms with van der Waals surface area (Å²) in [6.07, 6.45) is 0. The summed E-state index contributed by atoms with van der Waals surface area (Å²) in [4.78, 5) is 40.0. The van der Waals surface area contributed by atoms with Crippen LogP contribution in [-0.4, -0.2) is 29.9 Å². The van der Waals surface area contributed by atoms with Crippen LogP contribution in [0.2, 0.25) is 0 Å². The quantitative estimate of drug-likeness (QED) is 0.492. The lowest BCUT2D eigenvalue weighted by Gasteiger charge is -2.27. The van der Waals surface area contributed by atoms with Gasteiger partial charge in [-0.2, -0.15) is 0 Å². The number of anilines is 1. The summed E-state index contributed by atoms with van der Waals surface area (Å²) in [5, 5.41) is 12.5. The highest BCUT2D eigenvalue weighted by atomic mass is 32.1. The molecule has 7 heteroatoms. The van der Waals surface area contributed by atoms with Gasteiger partial charge in [-0.3, -0.25) is 14.5 Å². The molecule has 2 heterocycles. The van der Waals surface area contributed by atoms with E-state index in [2.05, 4.69) is 0 Å². The molecule has 30 heavy (non-hydrogen) atoms. The highest BCUT2D eigenvalue weighted by Crippen LogP contribution is 2.42. The number of Topliss-reactive ketones (excluding diaryl/α,β-unsaturated/α-hetero) is 1. The first-order chi connectivity index (χ1) is 14.5. The van der Waals surface area contributed by atoms with Crippen LogP contribution in [0.15, 0.2) is 83.4 Å². The lowest BCUT2D eigenvalue weighted by molar-refractivity contribution is -0.117. The summed E-state index contributed by atoms with van der Waals surface area (Å²) in [6.45, 7) is 0. The molecule has 1 amide bonds. The van der Waals surface area contributed by atoms with Crippen molar-refractivity contribution in [2.45, 2.75) is 6.04 Å². The molecule has 1 aliphatic rings. The van der Waals surface area contributed by atoms with E-state index >= 15 is 0 Å². The largest absolute Gasteiger partial charge is 0.503 e. The van der Waals surface area contributed by atoms with Crippen LogP contribution in [0, 0.1) is 0 Å². The number of benzene rings is 2. The van der Waals surface area contributed by atoms with Crippen molar-refractivity contribution >= 4 is 34.7 Å². The Kier molecular flexibility index (Phi) is 5.20. The second kappa shape index (κ2) is 7.96. The molecule has 0 fully saturated rings. The van der Waals surface area contributed by atoms with E-state index in [9.17, 15) is 19.5 Å². The predicted molar refractivity (Wildman–Crippen MR) is 113 cm³/mol. The van der Waals surface area contributed by atoms with E-state index in [-0.39, 0.29) is 11.1 Å². The summed E-state index contributed by atoms with van der Waals surface area (Å²) in [5.74, 6) is -2.25. The molecule has 0 bridgehead atoms. The molecule has 0 saturated heterocycles. The standard InChI is InChI=1S/C23H17NO5S/c1-29-23(28)15-9-5-10-16(13-15)24-19(14-7-3-2-4-8-14)18(21(26)22(24)27)20(25)17-11-6-12-30-17/h2-13,19,26H,1H3. The number of amides is 1. The number of carbonyl (C=O) groups excluding carboxylic acids is 3. The van der Waals surface area contributed by atoms with Crippen LogP contribution in [0.4, 0.5) is 5.69 Å². The van der Waals surface area contributed by atoms with Crippen LogP contribution in [0.5, 0.6) is 0 Å². The number of nitrogens with zero attached hydrogens (tertiary/aromatic N) is 1. The van der Waals surface area contributed by atoms with Gasteiger partial charge < -0.3 is 9.84 Å². The van der Waals surface area contributed by atoms with E-state index in [1.165, 1.54) is 29.4 Å². The van der Waals surface area contributed by atoms with Gasteiger partial charge in [0.2, 0.25) is 5.78 Å². The minimum Gasteiger partial charge on any atom is -0.503 e. The average molecular weight is 419 g/mol. The molecule has 2 aromatic carbocycles. The maximum atomic E-state index is 13.2. The van der Waals surface area contributed by atoms with Crippen molar-refractivity contribution in [3.63, 3.8) is 0 Å². The molecular formula is C23H17NO5S. The van der Waals surface area contributed by atoms with Gasteiger partial charge in [-0.25, -0.2) is 4.79 Å². The molecule has 4 rings (SSSR count). The molecule has 3 aromatic rings. The van der Waals surface area contributed by atoms with Crippen molar-refractivity contribution in [3.05, 3.63) is 99.4 Å². The van der Waals surface area contributed by atoms with E-state index in [1.54, 1.807) is 60.0 Å². The van der Waals surface area contributed by atoms with Gasteiger partial charge in [0, 0.05) is 5.69 Å². The van der Waals surface area contributed by atoms with E-state index in [4.69, 9.17) is 4.74 Å². The Balaban J connectivity index is 1.86. The number of carbonyl (C=O) groups is 3. The van der Waals surface area contributed by atoms with Crippen molar-refractivity contribution in [1.82, 2.24) is 0 Å². The Morgan fingerprint density at radius 3 is 2.47 bits per heavy atom. The smallest absolute Gasteiger partial charge is 0.337 e. The van der Waals surface area contributed by atoms with Crippen molar-refractivity contribution in [2.75, 3.05) is 12.0 Å². The van der Waals surface area contributed by atoms with Crippen LogP contribution < -0.4 is 4.90 Å². The van der Waals surface area contributed by atoms with Crippen LogP contribution in [0.25, 0.3) is 0 Å². The number of methoxy groups -OCH3 is 1. The third-order valence-electron chi connectivity index (χ3n) is 4.86. The Bertz CT molecular complexity index is 1150. The molecule has 0 aliphatic carbocycles. The number of thiophene rings is 1. The normalized spacial score (nSPS) is 16.1. The predicted octanol–water partition coefficient (Wildman–Crippen LogP) is 4.32. The van der Waals surface area contributed by atoms with E-state index in [0.29, 0.717) is 16.1 Å². The highest BCUT2D eigenvalue weighted by Gasteiger charge is 2.44. The fraction of sp³-hybridized carbons (Fsp3) is 0.0870. The summed E-state index contributed by atoms with van der Waals surface area (Å²) < 4.78 is 4.77. The lowest BCUT2D eigenvalue weighted by Crippen LogP contribution is -2.31. The second-order valence-corrected chi connectivity index (χ2v) is 7.55. The average Bonchev–Trinajstić information content (AvgIpc) is 3.41. The first-order valence-electron chi connectivity index (χ1n) is 9.11. The number of hydrogen-bond donors (Lipinski definition) is 1. The van der Waals surface area contributed by atoms with Gasteiger partial charge in [-0.15, -0.1) is 11.3 Å². The molecule has 1 N–H and O–H groups in total. The number of hydrogen-bond acceptors (Lipinski definition) is 6. The third kappa shape index (κ3) is 3.29. The number of ketones is 1. The summed E-state index contributed by atoms with van der Waals surface area (Å²) in [5.41, 5.74) is 1.31. The monoisotopic (exact) mass is 419 g/mol. The Morgan fingerprint density at radius 1 is 1.03 bits per heavy atom. The SMILES string of the molecule is COC(=O)c1cccc(N2C(=O)C(O)=C(C(=O)c3cccs3)C2c2ccccc2)c1. The Morgan fingerprint density at radius 2 is 1.80 bits per heavy atom. The fourth-order valence-electron chi connectivity index (χ4n) is 3.50. The molecule has 1 aliphatic heterocycles. The van der Waals surface area contributed by atoms with Crippen LogP contribution in [0.1, 0.15) is 31.6 Å². The summed E-state index contributed by atoms with van der Waals surface area (Å²) in [6, 6.07) is 17.9. The number of aliphatic hydroxyl groups excluding tert-OH is 1.